The third-order valence-corrected chi connectivity index (χ3v) is 3.80. The second-order valence-electron chi connectivity index (χ2n) is 4.77. The molecule has 110 valence electrons. The number of amides is 1. The maximum absolute atomic E-state index is 12.0. The van der Waals surface area contributed by atoms with Crippen molar-refractivity contribution >= 4 is 40.5 Å². The molecule has 0 heterocycles. The van der Waals surface area contributed by atoms with Gasteiger partial charge in [-0.05, 0) is 49.2 Å². The van der Waals surface area contributed by atoms with Gasteiger partial charge in [-0.3, -0.25) is 4.79 Å². The van der Waals surface area contributed by atoms with E-state index in [-0.39, 0.29) is 12.5 Å². The fourth-order valence-electron chi connectivity index (χ4n) is 1.90. The molecule has 0 saturated carbocycles. The van der Waals surface area contributed by atoms with Gasteiger partial charge in [-0.15, -0.1) is 0 Å². The van der Waals surface area contributed by atoms with E-state index in [1.54, 1.807) is 18.2 Å². The van der Waals surface area contributed by atoms with E-state index in [0.717, 1.165) is 11.3 Å². The van der Waals surface area contributed by atoms with Crippen LogP contribution in [-0.2, 0) is 4.79 Å². The zero-order chi connectivity index (χ0) is 15.4. The van der Waals surface area contributed by atoms with Crippen LogP contribution in [0.2, 0.25) is 10.0 Å². The van der Waals surface area contributed by atoms with Crippen LogP contribution in [0.1, 0.15) is 11.1 Å². The van der Waals surface area contributed by atoms with Gasteiger partial charge in [0.1, 0.15) is 0 Å². The highest BCUT2D eigenvalue weighted by Gasteiger charge is 2.07. The first-order chi connectivity index (χ1) is 9.97. The normalized spacial score (nSPS) is 10.3. The number of nitrogens with one attached hydrogen (secondary N) is 2. The lowest BCUT2D eigenvalue weighted by molar-refractivity contribution is -0.114. The molecule has 21 heavy (non-hydrogen) atoms. The predicted octanol–water partition coefficient (Wildman–Crippen LogP) is 4.66. The molecule has 1 amide bonds. The van der Waals surface area contributed by atoms with E-state index in [2.05, 4.69) is 10.6 Å². The minimum absolute atomic E-state index is 0.167. The predicted molar refractivity (Wildman–Crippen MR) is 89.5 cm³/mol. The molecule has 2 rings (SSSR count). The highest BCUT2D eigenvalue weighted by atomic mass is 35.5. The Morgan fingerprint density at radius 3 is 2.57 bits per heavy atom. The number of aryl methyl sites for hydroxylation is 1. The van der Waals surface area contributed by atoms with Gasteiger partial charge in [-0.25, -0.2) is 0 Å². The van der Waals surface area contributed by atoms with Crippen LogP contribution in [0.25, 0.3) is 0 Å². The number of carbonyl (C=O) groups is 1. The fraction of sp³-hybridized carbons (Fsp3) is 0.188. The molecular formula is C16H16Cl2N2O. The number of hydrogen-bond acceptors (Lipinski definition) is 2. The molecule has 0 aromatic heterocycles. The molecule has 0 saturated heterocycles. The summed E-state index contributed by atoms with van der Waals surface area (Å²) < 4.78 is 0. The Labute approximate surface area is 134 Å². The molecule has 0 radical (unpaired) electrons. The number of rotatable bonds is 4. The second-order valence-corrected chi connectivity index (χ2v) is 5.62. The second kappa shape index (κ2) is 6.83. The summed E-state index contributed by atoms with van der Waals surface area (Å²) in [6.07, 6.45) is 0. The molecule has 0 aliphatic rings. The van der Waals surface area contributed by atoms with E-state index in [4.69, 9.17) is 23.2 Å². The van der Waals surface area contributed by atoms with Crippen molar-refractivity contribution in [3.63, 3.8) is 0 Å². The average Bonchev–Trinajstić information content (AvgIpc) is 2.43. The number of carbonyl (C=O) groups excluding carboxylic acids is 1. The maximum Gasteiger partial charge on any atom is 0.243 e. The Morgan fingerprint density at radius 1 is 1.10 bits per heavy atom. The molecule has 2 aromatic rings. The highest BCUT2D eigenvalue weighted by Crippen LogP contribution is 2.25. The van der Waals surface area contributed by atoms with Crippen LogP contribution in [0.3, 0.4) is 0 Å². The Bertz CT molecular complexity index is 671. The molecule has 0 fully saturated rings. The van der Waals surface area contributed by atoms with E-state index in [0.29, 0.717) is 15.7 Å². The molecule has 5 heteroatoms. The quantitative estimate of drug-likeness (QED) is 0.859. The molecule has 2 aromatic carbocycles. The molecule has 0 aliphatic heterocycles. The standard InChI is InChI=1S/C16H16Cl2N2O/c1-10-4-3-5-14(11(10)2)19-9-16(21)20-15-7-6-12(17)8-13(15)18/h3-8,19H,9H2,1-2H3,(H,20,21). The number of hydrogen-bond donors (Lipinski definition) is 2. The molecule has 0 aliphatic carbocycles. The van der Waals surface area contributed by atoms with Crippen molar-refractivity contribution in [3.05, 3.63) is 57.6 Å². The Morgan fingerprint density at radius 2 is 1.86 bits per heavy atom. The van der Waals surface area contributed by atoms with Gasteiger partial charge in [0.2, 0.25) is 5.91 Å². The zero-order valence-corrected chi connectivity index (χ0v) is 13.3. The van der Waals surface area contributed by atoms with Gasteiger partial charge >= 0.3 is 0 Å². The lowest BCUT2D eigenvalue weighted by atomic mass is 10.1. The SMILES string of the molecule is Cc1cccc(NCC(=O)Nc2ccc(Cl)cc2Cl)c1C. The molecule has 0 bridgehead atoms. The molecular weight excluding hydrogens is 307 g/mol. The van der Waals surface area contributed by atoms with Crippen LogP contribution in [0.15, 0.2) is 36.4 Å². The van der Waals surface area contributed by atoms with Crippen LogP contribution in [-0.4, -0.2) is 12.5 Å². The van der Waals surface area contributed by atoms with E-state index in [1.165, 1.54) is 5.56 Å². The van der Waals surface area contributed by atoms with Crippen molar-refractivity contribution in [1.29, 1.82) is 0 Å². The summed E-state index contributed by atoms with van der Waals surface area (Å²) in [6, 6.07) is 10.9. The third-order valence-electron chi connectivity index (χ3n) is 3.25. The van der Waals surface area contributed by atoms with E-state index in [9.17, 15) is 4.79 Å². The van der Waals surface area contributed by atoms with Gasteiger partial charge in [0.05, 0.1) is 17.3 Å². The van der Waals surface area contributed by atoms with Crippen molar-refractivity contribution in [2.75, 3.05) is 17.2 Å². The van der Waals surface area contributed by atoms with Crippen LogP contribution in [0, 0.1) is 13.8 Å². The summed E-state index contributed by atoms with van der Waals surface area (Å²) in [4.78, 5) is 12.0. The van der Waals surface area contributed by atoms with Gasteiger partial charge in [0.15, 0.2) is 0 Å². The van der Waals surface area contributed by atoms with Crippen molar-refractivity contribution in [2.24, 2.45) is 0 Å². The molecule has 0 unspecified atom stereocenters. The first kappa shape index (κ1) is 15.7. The summed E-state index contributed by atoms with van der Waals surface area (Å²) in [5.74, 6) is -0.167. The first-order valence-electron chi connectivity index (χ1n) is 6.52. The number of anilines is 2. The van der Waals surface area contributed by atoms with Crippen LogP contribution >= 0.6 is 23.2 Å². The Balaban J connectivity index is 1.97. The van der Waals surface area contributed by atoms with E-state index < -0.39 is 0 Å². The van der Waals surface area contributed by atoms with E-state index >= 15 is 0 Å². The first-order valence-corrected chi connectivity index (χ1v) is 7.28. The number of halogens is 2. The lowest BCUT2D eigenvalue weighted by Gasteiger charge is -2.12. The fourth-order valence-corrected chi connectivity index (χ4v) is 2.36. The maximum atomic E-state index is 12.0. The summed E-state index contributed by atoms with van der Waals surface area (Å²) in [5, 5.41) is 6.83. The lowest BCUT2D eigenvalue weighted by Crippen LogP contribution is -2.22. The summed E-state index contributed by atoms with van der Waals surface area (Å²) >= 11 is 11.8. The summed E-state index contributed by atoms with van der Waals surface area (Å²) in [7, 11) is 0. The largest absolute Gasteiger partial charge is 0.376 e. The minimum atomic E-state index is -0.167. The van der Waals surface area contributed by atoms with Crippen molar-refractivity contribution in [2.45, 2.75) is 13.8 Å². The molecule has 2 N–H and O–H groups in total. The van der Waals surface area contributed by atoms with Crippen molar-refractivity contribution in [1.82, 2.24) is 0 Å². The van der Waals surface area contributed by atoms with Crippen LogP contribution in [0.4, 0.5) is 11.4 Å². The van der Waals surface area contributed by atoms with Gasteiger partial charge in [0.25, 0.3) is 0 Å². The minimum Gasteiger partial charge on any atom is -0.376 e. The highest BCUT2D eigenvalue weighted by molar-refractivity contribution is 6.36. The van der Waals surface area contributed by atoms with Crippen LogP contribution < -0.4 is 10.6 Å². The molecule has 3 nitrogen and oxygen atoms in total. The average molecular weight is 323 g/mol. The molecule has 0 atom stereocenters. The van der Waals surface area contributed by atoms with Gasteiger partial charge in [0, 0.05) is 10.7 Å². The Hall–Kier alpha value is -1.71. The van der Waals surface area contributed by atoms with Crippen molar-refractivity contribution in [3.8, 4) is 0 Å². The monoisotopic (exact) mass is 322 g/mol. The zero-order valence-electron chi connectivity index (χ0n) is 11.8. The Kier molecular flexibility index (Phi) is 5.10. The van der Waals surface area contributed by atoms with Gasteiger partial charge in [-0.1, -0.05) is 35.3 Å². The summed E-state index contributed by atoms with van der Waals surface area (Å²) in [5.41, 5.74) is 3.82. The number of benzene rings is 2. The van der Waals surface area contributed by atoms with E-state index in [1.807, 2.05) is 32.0 Å². The third kappa shape index (κ3) is 4.13. The van der Waals surface area contributed by atoms with Crippen LogP contribution in [0.5, 0.6) is 0 Å². The summed E-state index contributed by atoms with van der Waals surface area (Å²) in [6.45, 7) is 4.23. The molecule has 0 spiro atoms. The topological polar surface area (TPSA) is 41.1 Å². The smallest absolute Gasteiger partial charge is 0.243 e. The van der Waals surface area contributed by atoms with Crippen molar-refractivity contribution < 1.29 is 4.79 Å². The van der Waals surface area contributed by atoms with Gasteiger partial charge in [-0.2, -0.15) is 0 Å². The van der Waals surface area contributed by atoms with Gasteiger partial charge < -0.3 is 10.6 Å².